The molecule has 4 nitrogen and oxygen atoms in total. The summed E-state index contributed by atoms with van der Waals surface area (Å²) in [6.45, 7) is 0. The maximum Gasteiger partial charge on any atom is 0.421 e. The van der Waals surface area contributed by atoms with Crippen molar-refractivity contribution < 1.29 is 52.7 Å². The molecule has 0 rings (SSSR count). The van der Waals surface area contributed by atoms with Gasteiger partial charge in [0.05, 0.1) is 6.26 Å². The largest absolute Gasteiger partial charge is 0.421 e. The third kappa shape index (κ3) is 3.09. The monoisotopic (exact) mass is 341 g/mol. The highest BCUT2D eigenvalue weighted by atomic mass is 32.2. The summed E-state index contributed by atoms with van der Waals surface area (Å²) in [7, 11) is -5.09. The number of hydrogen-bond donors (Lipinski definition) is 1. The molecule has 0 spiro atoms. The van der Waals surface area contributed by atoms with Gasteiger partial charge in [-0.3, -0.25) is 9.52 Å². The van der Waals surface area contributed by atoms with Gasteiger partial charge in [-0.1, -0.05) is 0 Å². The van der Waals surface area contributed by atoms with E-state index < -0.39 is 39.9 Å². The first-order chi connectivity index (χ1) is 8.38. The molecule has 0 atom stereocenters. The molecule has 20 heavy (non-hydrogen) atoms. The first-order valence-corrected chi connectivity index (χ1v) is 5.99. The molecule has 0 aromatic heterocycles. The Labute approximate surface area is 105 Å². The first-order valence-electron chi connectivity index (χ1n) is 4.10. The van der Waals surface area contributed by atoms with Gasteiger partial charge >= 0.3 is 23.9 Å². The number of alkyl halides is 9. The summed E-state index contributed by atoms with van der Waals surface area (Å²) in [6.07, 6.45) is -21.5. The number of rotatable bonds is 2. The van der Waals surface area contributed by atoms with Crippen LogP contribution in [0.2, 0.25) is 0 Å². The second-order valence-corrected chi connectivity index (χ2v) is 5.20. The maximum absolute atomic E-state index is 12.3. The summed E-state index contributed by atoms with van der Waals surface area (Å²) in [6, 6.07) is 0. The number of halogens is 9. The van der Waals surface area contributed by atoms with Crippen molar-refractivity contribution in [2.75, 3.05) is 6.26 Å². The van der Waals surface area contributed by atoms with Crippen LogP contribution in [-0.4, -0.2) is 39.1 Å². The molecule has 1 N–H and O–H groups in total. The lowest BCUT2D eigenvalue weighted by atomic mass is 9.84. The van der Waals surface area contributed by atoms with E-state index in [1.807, 2.05) is 0 Å². The minimum absolute atomic E-state index is 0.0530. The molecule has 0 aliphatic carbocycles. The standard InChI is InChI=1S/C6H4F9NO3S/c1-20(18,19)16-2(17)3(4(7,8)9,5(10,11)12)6(13,14)15/h1H3,(H,16,17). The summed E-state index contributed by atoms with van der Waals surface area (Å²) in [5.74, 6) is -3.80. The number of carbonyl (C=O) groups is 1. The molecule has 0 aliphatic rings. The topological polar surface area (TPSA) is 63.2 Å². The molecule has 0 aromatic carbocycles. The van der Waals surface area contributed by atoms with Crippen molar-refractivity contribution in [2.24, 2.45) is 5.41 Å². The van der Waals surface area contributed by atoms with Gasteiger partial charge in [0.1, 0.15) is 0 Å². The van der Waals surface area contributed by atoms with Crippen molar-refractivity contribution >= 4 is 15.9 Å². The Hall–Kier alpha value is -1.21. The van der Waals surface area contributed by atoms with Crippen LogP contribution in [0.3, 0.4) is 0 Å². The van der Waals surface area contributed by atoms with Crippen molar-refractivity contribution in [3.05, 3.63) is 0 Å². The Morgan fingerprint density at radius 3 is 1.20 bits per heavy atom. The predicted octanol–water partition coefficient (Wildman–Crippen LogP) is 1.74. The Bertz CT molecular complexity index is 449. The van der Waals surface area contributed by atoms with Crippen molar-refractivity contribution in [1.29, 1.82) is 0 Å². The molecule has 0 bridgehead atoms. The lowest BCUT2D eigenvalue weighted by Gasteiger charge is -2.36. The number of amides is 1. The van der Waals surface area contributed by atoms with E-state index in [4.69, 9.17) is 0 Å². The number of hydrogen-bond acceptors (Lipinski definition) is 3. The molecule has 0 saturated carbocycles. The van der Waals surface area contributed by atoms with Crippen LogP contribution in [0.1, 0.15) is 0 Å². The summed E-state index contributed by atoms with van der Waals surface area (Å²) in [5, 5.41) is 0. The average Bonchev–Trinajstić information content (AvgIpc) is 1.88. The minimum atomic E-state index is -7.15. The van der Waals surface area contributed by atoms with Gasteiger partial charge < -0.3 is 0 Å². The molecule has 0 radical (unpaired) electrons. The van der Waals surface area contributed by atoms with Gasteiger partial charge in [0.25, 0.3) is 5.91 Å². The molecule has 0 unspecified atom stereocenters. The van der Waals surface area contributed by atoms with Crippen molar-refractivity contribution in [3.63, 3.8) is 0 Å². The molecule has 1 amide bonds. The fourth-order valence-electron chi connectivity index (χ4n) is 1.11. The number of carbonyl (C=O) groups excluding carboxylic acids is 1. The molecule has 14 heteroatoms. The van der Waals surface area contributed by atoms with Gasteiger partial charge in [-0.25, -0.2) is 8.42 Å². The maximum atomic E-state index is 12.3. The van der Waals surface area contributed by atoms with E-state index >= 15 is 0 Å². The predicted molar refractivity (Wildman–Crippen MR) is 43.6 cm³/mol. The first kappa shape index (κ1) is 18.8. The summed E-state index contributed by atoms with van der Waals surface area (Å²) < 4.78 is 132. The van der Waals surface area contributed by atoms with Gasteiger partial charge in [-0.05, 0) is 0 Å². The van der Waals surface area contributed by atoms with Gasteiger partial charge in [0.2, 0.25) is 10.0 Å². The molecule has 0 heterocycles. The van der Waals surface area contributed by atoms with Crippen LogP contribution in [0.4, 0.5) is 39.5 Å². The summed E-state index contributed by atoms with van der Waals surface area (Å²) in [4.78, 5) is 10.8. The van der Waals surface area contributed by atoms with Gasteiger partial charge in [0, 0.05) is 0 Å². The highest BCUT2D eigenvalue weighted by molar-refractivity contribution is 7.89. The lowest BCUT2D eigenvalue weighted by molar-refractivity contribution is -0.406. The van der Waals surface area contributed by atoms with E-state index in [0.717, 1.165) is 0 Å². The van der Waals surface area contributed by atoms with E-state index in [9.17, 15) is 52.7 Å². The lowest BCUT2D eigenvalue weighted by Crippen LogP contribution is -2.67. The second-order valence-electron chi connectivity index (χ2n) is 3.45. The van der Waals surface area contributed by atoms with Gasteiger partial charge in [0.15, 0.2) is 0 Å². The van der Waals surface area contributed by atoms with Crippen LogP contribution in [0.5, 0.6) is 0 Å². The zero-order valence-corrected chi connectivity index (χ0v) is 9.85. The minimum Gasteiger partial charge on any atom is -0.272 e. The quantitative estimate of drug-likeness (QED) is 0.778. The number of nitrogens with one attached hydrogen (secondary N) is 1. The Kier molecular flexibility index (Phi) is 4.38. The molecular weight excluding hydrogens is 337 g/mol. The van der Waals surface area contributed by atoms with E-state index in [1.54, 1.807) is 0 Å². The van der Waals surface area contributed by atoms with Gasteiger partial charge in [-0.2, -0.15) is 39.5 Å². The van der Waals surface area contributed by atoms with E-state index in [2.05, 4.69) is 0 Å². The van der Waals surface area contributed by atoms with Gasteiger partial charge in [-0.15, -0.1) is 0 Å². The summed E-state index contributed by atoms with van der Waals surface area (Å²) >= 11 is 0. The normalized spacial score (nSPS) is 15.1. The van der Waals surface area contributed by atoms with Crippen LogP contribution in [0.15, 0.2) is 0 Å². The molecule has 0 aliphatic heterocycles. The molecule has 120 valence electrons. The Morgan fingerprint density at radius 2 is 1.05 bits per heavy atom. The highest BCUT2D eigenvalue weighted by Gasteiger charge is 2.88. The van der Waals surface area contributed by atoms with Crippen molar-refractivity contribution in [1.82, 2.24) is 4.72 Å². The van der Waals surface area contributed by atoms with Crippen molar-refractivity contribution in [3.8, 4) is 0 Å². The third-order valence-electron chi connectivity index (χ3n) is 1.89. The average molecular weight is 341 g/mol. The van der Waals surface area contributed by atoms with E-state index in [1.165, 1.54) is 0 Å². The number of sulfonamides is 1. The summed E-state index contributed by atoms with van der Waals surface area (Å²) in [5.41, 5.74) is -6.85. The van der Waals surface area contributed by atoms with Crippen molar-refractivity contribution in [2.45, 2.75) is 18.5 Å². The molecule has 0 fully saturated rings. The van der Waals surface area contributed by atoms with Crippen LogP contribution >= 0.6 is 0 Å². The SMILES string of the molecule is CS(=O)(=O)NC(=O)C(C(F)(F)F)(C(F)(F)F)C(F)(F)F. The van der Waals surface area contributed by atoms with Crippen LogP contribution in [0.25, 0.3) is 0 Å². The van der Waals surface area contributed by atoms with E-state index in [0.29, 0.717) is 0 Å². The molecule has 0 aromatic rings. The molecule has 0 saturated heterocycles. The van der Waals surface area contributed by atoms with Crippen LogP contribution < -0.4 is 4.72 Å². The molecular formula is C6H4F9NO3S. The zero-order valence-electron chi connectivity index (χ0n) is 9.03. The Balaban J connectivity index is 6.42. The fraction of sp³-hybridized carbons (Fsp3) is 0.833. The highest BCUT2D eigenvalue weighted by Crippen LogP contribution is 2.59. The zero-order chi connectivity index (χ0) is 16.8. The fourth-order valence-corrected chi connectivity index (χ4v) is 1.60. The third-order valence-corrected chi connectivity index (χ3v) is 2.45. The second kappa shape index (κ2) is 4.66. The Morgan fingerprint density at radius 1 is 0.800 bits per heavy atom. The smallest absolute Gasteiger partial charge is 0.272 e. The van der Waals surface area contributed by atoms with E-state index in [-0.39, 0.29) is 11.0 Å². The van der Waals surface area contributed by atoms with Crippen LogP contribution in [-0.2, 0) is 14.8 Å². The van der Waals surface area contributed by atoms with Crippen LogP contribution in [0, 0.1) is 5.41 Å².